The molecular weight excluding hydrogens is 312 g/mol. The van der Waals surface area contributed by atoms with Crippen LogP contribution in [0.15, 0.2) is 49.1 Å². The van der Waals surface area contributed by atoms with E-state index < -0.39 is 0 Å². The lowest BCUT2D eigenvalue weighted by Crippen LogP contribution is -1.99. The van der Waals surface area contributed by atoms with Crippen LogP contribution >= 0.6 is 0 Å². The van der Waals surface area contributed by atoms with Crippen LogP contribution in [0.1, 0.15) is 55.4 Å². The monoisotopic (exact) mass is 356 g/mol. The fourth-order valence-electron chi connectivity index (χ4n) is 1.000. The van der Waals surface area contributed by atoms with Crippen molar-refractivity contribution in [2.24, 2.45) is 0 Å². The molecule has 3 nitrogen and oxygen atoms in total. The average molecular weight is 357 g/mol. The Morgan fingerprint density at radius 1 is 0.840 bits per heavy atom. The van der Waals surface area contributed by atoms with Crippen molar-refractivity contribution in [3.8, 4) is 0 Å². The molecule has 1 saturated heterocycles. The maximum atomic E-state index is 5.03. The Kier molecular flexibility index (Phi) is 48.6. The first-order valence-corrected chi connectivity index (χ1v) is 9.73. The second-order valence-corrected chi connectivity index (χ2v) is 3.72. The smallest absolute Gasteiger partial charge is 0.104 e. The quantitative estimate of drug-likeness (QED) is 0.336. The average Bonchev–Trinajstić information content (AvgIpc) is 3.56. The van der Waals surface area contributed by atoms with Crippen molar-refractivity contribution in [1.29, 1.82) is 0 Å². The van der Waals surface area contributed by atoms with Crippen LogP contribution in [0.25, 0.3) is 0 Å². The Balaban J connectivity index is -0.000000115. The summed E-state index contributed by atoms with van der Waals surface area (Å²) >= 11 is 0. The number of epoxide rings is 1. The van der Waals surface area contributed by atoms with Gasteiger partial charge in [0.2, 0.25) is 0 Å². The van der Waals surface area contributed by atoms with E-state index in [-0.39, 0.29) is 0 Å². The second-order valence-electron chi connectivity index (χ2n) is 3.72. The van der Waals surface area contributed by atoms with Gasteiger partial charge >= 0.3 is 0 Å². The molecule has 0 saturated carbocycles. The highest BCUT2D eigenvalue weighted by Crippen LogP contribution is 2.07. The van der Waals surface area contributed by atoms with Gasteiger partial charge in [-0.1, -0.05) is 84.0 Å². The highest BCUT2D eigenvalue weighted by molar-refractivity contribution is 4.99. The summed E-state index contributed by atoms with van der Waals surface area (Å²) in [4.78, 5) is 0. The zero-order valence-corrected chi connectivity index (χ0v) is 18.1. The maximum absolute atomic E-state index is 5.03. The molecule has 1 fully saturated rings. The van der Waals surface area contributed by atoms with Crippen LogP contribution in [0, 0.1) is 0 Å². The van der Waals surface area contributed by atoms with Crippen LogP contribution in [-0.2, 0) is 14.2 Å². The number of hydrogen-bond acceptors (Lipinski definition) is 3. The molecular formula is C22H44O3. The van der Waals surface area contributed by atoms with E-state index in [1.54, 1.807) is 6.08 Å². The molecule has 0 amide bonds. The molecule has 3 heteroatoms. The first-order valence-electron chi connectivity index (χ1n) is 9.73. The predicted octanol–water partition coefficient (Wildman–Crippen LogP) is 6.40. The Bertz CT molecular complexity index is 245. The second kappa shape index (κ2) is 38.4. The van der Waals surface area contributed by atoms with Crippen molar-refractivity contribution in [1.82, 2.24) is 0 Å². The SMILES string of the molecule is C=CCOCC.CC.CC.CC.CCOCC1CO1.c1ccccc1. The minimum atomic E-state index is 0.431. The molecule has 1 aromatic carbocycles. The summed E-state index contributed by atoms with van der Waals surface area (Å²) in [6, 6.07) is 12.0. The number of benzene rings is 1. The van der Waals surface area contributed by atoms with Gasteiger partial charge in [0, 0.05) is 13.2 Å². The van der Waals surface area contributed by atoms with Gasteiger partial charge in [0.1, 0.15) is 6.10 Å². The molecule has 0 bridgehead atoms. The van der Waals surface area contributed by atoms with Crippen LogP contribution in [0.3, 0.4) is 0 Å². The van der Waals surface area contributed by atoms with E-state index in [4.69, 9.17) is 14.2 Å². The summed E-state index contributed by atoms with van der Waals surface area (Å²) in [6.45, 7) is 23.4. The number of ether oxygens (including phenoxy) is 3. The molecule has 0 spiro atoms. The molecule has 25 heavy (non-hydrogen) atoms. The third-order valence-corrected chi connectivity index (χ3v) is 2.02. The maximum Gasteiger partial charge on any atom is 0.104 e. The largest absolute Gasteiger partial charge is 0.379 e. The molecule has 0 radical (unpaired) electrons. The van der Waals surface area contributed by atoms with Crippen LogP contribution in [0.4, 0.5) is 0 Å². The highest BCUT2D eigenvalue weighted by atomic mass is 16.6. The molecule has 1 aromatic rings. The van der Waals surface area contributed by atoms with Gasteiger partial charge in [-0.2, -0.15) is 0 Å². The third kappa shape index (κ3) is 45.0. The lowest BCUT2D eigenvalue weighted by atomic mass is 10.4. The molecule has 0 aromatic heterocycles. The zero-order chi connectivity index (χ0) is 20.2. The van der Waals surface area contributed by atoms with Crippen LogP contribution in [0.5, 0.6) is 0 Å². The highest BCUT2D eigenvalue weighted by Gasteiger charge is 2.21. The molecule has 1 unspecified atom stereocenters. The van der Waals surface area contributed by atoms with Gasteiger partial charge < -0.3 is 14.2 Å². The van der Waals surface area contributed by atoms with E-state index in [1.165, 1.54) is 0 Å². The van der Waals surface area contributed by atoms with Gasteiger partial charge in [0.25, 0.3) is 0 Å². The molecule has 1 heterocycles. The molecule has 1 aliphatic heterocycles. The Morgan fingerprint density at radius 3 is 1.40 bits per heavy atom. The van der Waals surface area contributed by atoms with Gasteiger partial charge in [0.05, 0.1) is 19.8 Å². The van der Waals surface area contributed by atoms with Gasteiger partial charge in [-0.25, -0.2) is 0 Å². The number of hydrogen-bond donors (Lipinski definition) is 0. The lowest BCUT2D eigenvalue weighted by molar-refractivity contribution is 0.128. The van der Waals surface area contributed by atoms with Crippen LogP contribution in [-0.4, -0.2) is 39.1 Å². The van der Waals surface area contributed by atoms with E-state index in [9.17, 15) is 0 Å². The molecule has 1 atom stereocenters. The van der Waals surface area contributed by atoms with Crippen molar-refractivity contribution in [2.75, 3.05) is 33.0 Å². The first-order chi connectivity index (χ1) is 12.3. The van der Waals surface area contributed by atoms with Crippen molar-refractivity contribution >= 4 is 0 Å². The van der Waals surface area contributed by atoms with E-state index in [0.717, 1.165) is 26.4 Å². The van der Waals surface area contributed by atoms with Gasteiger partial charge in [0.15, 0.2) is 0 Å². The lowest BCUT2D eigenvalue weighted by Gasteiger charge is -1.91. The van der Waals surface area contributed by atoms with E-state index in [2.05, 4.69) is 6.58 Å². The van der Waals surface area contributed by atoms with Crippen molar-refractivity contribution in [2.45, 2.75) is 61.5 Å². The summed E-state index contributed by atoms with van der Waals surface area (Å²) in [7, 11) is 0. The van der Waals surface area contributed by atoms with Crippen LogP contribution in [0.2, 0.25) is 0 Å². The van der Waals surface area contributed by atoms with Gasteiger partial charge in [-0.05, 0) is 13.8 Å². The summed E-state index contributed by atoms with van der Waals surface area (Å²) in [5.74, 6) is 0. The normalized spacial score (nSPS) is 12.4. The fraction of sp³-hybridized carbons (Fsp3) is 0.636. The summed E-state index contributed by atoms with van der Waals surface area (Å²) in [5, 5.41) is 0. The topological polar surface area (TPSA) is 31.0 Å². The first kappa shape index (κ1) is 31.6. The van der Waals surface area contributed by atoms with Crippen molar-refractivity contribution in [3.05, 3.63) is 49.1 Å². The molecule has 150 valence electrons. The molecule has 2 rings (SSSR count). The fourth-order valence-corrected chi connectivity index (χ4v) is 1.000. The summed E-state index contributed by atoms with van der Waals surface area (Å²) < 4.78 is 14.8. The Labute approximate surface area is 158 Å². The van der Waals surface area contributed by atoms with Crippen molar-refractivity contribution in [3.63, 3.8) is 0 Å². The zero-order valence-electron chi connectivity index (χ0n) is 18.1. The van der Waals surface area contributed by atoms with E-state index >= 15 is 0 Å². The summed E-state index contributed by atoms with van der Waals surface area (Å²) in [6.07, 6.45) is 2.17. The van der Waals surface area contributed by atoms with Crippen molar-refractivity contribution < 1.29 is 14.2 Å². The Morgan fingerprint density at radius 2 is 1.20 bits per heavy atom. The standard InChI is InChI=1S/C6H6.C5H10O2.C5H10O.3C2H6/c1-2-4-6-5-3-1;1-2-6-3-5-4-7-5;1-3-5-6-4-2;3*1-2/h1-6H;5H,2-4H2,1H3;3H,1,4-5H2,2H3;3*1-2H3. The molecule has 0 N–H and O–H groups in total. The van der Waals surface area contributed by atoms with Crippen LogP contribution < -0.4 is 0 Å². The summed E-state index contributed by atoms with van der Waals surface area (Å²) in [5.41, 5.74) is 0. The van der Waals surface area contributed by atoms with Gasteiger partial charge in [-0.3, -0.25) is 0 Å². The predicted molar refractivity (Wildman–Crippen MR) is 113 cm³/mol. The Hall–Kier alpha value is -1.16. The third-order valence-electron chi connectivity index (χ3n) is 2.02. The minimum absolute atomic E-state index is 0.431. The van der Waals surface area contributed by atoms with E-state index in [1.807, 2.05) is 91.8 Å². The van der Waals surface area contributed by atoms with E-state index in [0.29, 0.717) is 12.7 Å². The van der Waals surface area contributed by atoms with Gasteiger partial charge in [-0.15, -0.1) is 6.58 Å². The molecule has 0 aliphatic carbocycles. The minimum Gasteiger partial charge on any atom is -0.379 e. The molecule has 1 aliphatic rings. The number of rotatable bonds is 6.